The highest BCUT2D eigenvalue weighted by atomic mass is 19.4. The number of halogens is 3. The molecule has 0 radical (unpaired) electrons. The van der Waals surface area contributed by atoms with E-state index in [-0.39, 0.29) is 5.56 Å². The number of rotatable bonds is 4. The second-order valence-electron chi connectivity index (χ2n) is 4.56. The summed E-state index contributed by atoms with van der Waals surface area (Å²) in [7, 11) is 0. The average molecular weight is 299 g/mol. The highest BCUT2D eigenvalue weighted by Crippen LogP contribution is 2.37. The average Bonchev–Trinajstić information content (AvgIpc) is 2.92. The maximum atomic E-state index is 12.8. The first-order valence-electron chi connectivity index (χ1n) is 6.07. The molecule has 0 spiro atoms. The molecular weight excluding hydrogens is 287 g/mol. The van der Waals surface area contributed by atoms with Crippen LogP contribution in [0, 0.1) is 5.92 Å². The molecule has 21 heavy (non-hydrogen) atoms. The first-order valence-corrected chi connectivity index (χ1v) is 6.07. The van der Waals surface area contributed by atoms with E-state index in [0.717, 1.165) is 6.92 Å². The largest absolute Gasteiger partial charge is 0.481 e. The van der Waals surface area contributed by atoms with Crippen LogP contribution in [-0.4, -0.2) is 32.2 Å². The van der Waals surface area contributed by atoms with Gasteiger partial charge in [0.15, 0.2) is 0 Å². The summed E-state index contributed by atoms with van der Waals surface area (Å²) in [6.45, 7) is 0.863. The van der Waals surface area contributed by atoms with Crippen LogP contribution in [0.1, 0.15) is 18.4 Å². The fourth-order valence-electron chi connectivity index (χ4n) is 2.00. The molecule has 2 rings (SSSR count). The summed E-state index contributed by atoms with van der Waals surface area (Å²) in [5, 5.41) is 16.8. The Kier molecular flexibility index (Phi) is 3.97. The first-order chi connectivity index (χ1) is 9.80. The zero-order valence-corrected chi connectivity index (χ0v) is 10.9. The van der Waals surface area contributed by atoms with Gasteiger partial charge in [0.1, 0.15) is 0 Å². The van der Waals surface area contributed by atoms with Crippen LogP contribution in [0.25, 0.3) is 5.69 Å². The van der Waals surface area contributed by atoms with Gasteiger partial charge in [0.25, 0.3) is 0 Å². The summed E-state index contributed by atoms with van der Waals surface area (Å²) in [6.07, 6.45) is -1.66. The van der Waals surface area contributed by atoms with E-state index < -0.39 is 24.0 Å². The third-order valence-corrected chi connectivity index (χ3v) is 3.18. The number of benzene rings is 1. The normalized spacial score (nSPS) is 14.7. The number of aromatic nitrogens is 3. The molecular formula is C13H12F3N3O2. The lowest BCUT2D eigenvalue weighted by Crippen LogP contribution is -2.31. The fraction of sp³-hybridized carbons (Fsp3) is 0.308. The van der Waals surface area contributed by atoms with Gasteiger partial charge in [0.05, 0.1) is 29.9 Å². The zero-order valence-electron chi connectivity index (χ0n) is 10.9. The van der Waals surface area contributed by atoms with Gasteiger partial charge in [0, 0.05) is 0 Å². The molecule has 0 fully saturated rings. The van der Waals surface area contributed by atoms with Gasteiger partial charge in [-0.2, -0.15) is 28.2 Å². The van der Waals surface area contributed by atoms with E-state index in [9.17, 15) is 18.0 Å². The topological polar surface area (TPSA) is 68.0 Å². The van der Waals surface area contributed by atoms with E-state index in [4.69, 9.17) is 5.11 Å². The van der Waals surface area contributed by atoms with Crippen LogP contribution in [0.3, 0.4) is 0 Å². The molecule has 1 N–H and O–H groups in total. The second kappa shape index (κ2) is 5.55. The van der Waals surface area contributed by atoms with E-state index in [1.165, 1.54) is 41.5 Å². The molecule has 0 amide bonds. The minimum atomic E-state index is -4.58. The number of carbonyl (C=O) groups is 1. The van der Waals surface area contributed by atoms with E-state index in [1.54, 1.807) is 0 Å². The van der Waals surface area contributed by atoms with Gasteiger partial charge in [0.2, 0.25) is 0 Å². The molecule has 2 aromatic rings. The van der Waals surface area contributed by atoms with Gasteiger partial charge in [-0.3, -0.25) is 4.79 Å². The highest BCUT2D eigenvalue weighted by molar-refractivity contribution is 5.76. The third-order valence-electron chi connectivity index (χ3n) is 3.18. The summed E-state index contributed by atoms with van der Waals surface area (Å²) in [5.74, 6) is -5.14. The van der Waals surface area contributed by atoms with Gasteiger partial charge < -0.3 is 5.11 Å². The van der Waals surface area contributed by atoms with Gasteiger partial charge in [-0.05, 0) is 17.7 Å². The third kappa shape index (κ3) is 3.21. The summed E-state index contributed by atoms with van der Waals surface area (Å²) < 4.78 is 38.3. The summed E-state index contributed by atoms with van der Waals surface area (Å²) in [4.78, 5) is 12.5. The minimum Gasteiger partial charge on any atom is -0.481 e. The Balaban J connectivity index is 2.32. The van der Waals surface area contributed by atoms with Gasteiger partial charge in [-0.25, -0.2) is 0 Å². The molecule has 0 bridgehead atoms. The van der Waals surface area contributed by atoms with Gasteiger partial charge in [-0.15, -0.1) is 0 Å². The Hall–Kier alpha value is -2.38. The maximum Gasteiger partial charge on any atom is 0.392 e. The molecule has 112 valence electrons. The van der Waals surface area contributed by atoms with Crippen LogP contribution < -0.4 is 0 Å². The lowest BCUT2D eigenvalue weighted by Gasteiger charge is -2.23. The molecule has 0 saturated heterocycles. The Morgan fingerprint density at radius 2 is 1.71 bits per heavy atom. The molecule has 8 heteroatoms. The van der Waals surface area contributed by atoms with Crippen molar-refractivity contribution in [2.45, 2.75) is 19.0 Å². The van der Waals surface area contributed by atoms with Crippen molar-refractivity contribution in [2.24, 2.45) is 5.92 Å². The molecule has 2 atom stereocenters. The Morgan fingerprint density at radius 1 is 1.19 bits per heavy atom. The van der Waals surface area contributed by atoms with E-state index >= 15 is 0 Å². The number of hydrogen-bond donors (Lipinski definition) is 1. The van der Waals surface area contributed by atoms with Gasteiger partial charge in [-0.1, -0.05) is 19.1 Å². The molecule has 0 aliphatic heterocycles. The van der Waals surface area contributed by atoms with Crippen molar-refractivity contribution >= 4 is 5.97 Å². The number of alkyl halides is 3. The van der Waals surface area contributed by atoms with Crippen molar-refractivity contribution in [3.05, 3.63) is 42.2 Å². The molecule has 2 unspecified atom stereocenters. The van der Waals surface area contributed by atoms with Crippen molar-refractivity contribution in [3.63, 3.8) is 0 Å². The predicted molar refractivity (Wildman–Crippen MR) is 67.0 cm³/mol. The van der Waals surface area contributed by atoms with Crippen molar-refractivity contribution in [2.75, 3.05) is 0 Å². The quantitative estimate of drug-likeness (QED) is 0.942. The van der Waals surface area contributed by atoms with E-state index in [1.807, 2.05) is 0 Å². The molecule has 1 aromatic heterocycles. The van der Waals surface area contributed by atoms with Crippen molar-refractivity contribution < 1.29 is 23.1 Å². The summed E-state index contributed by atoms with van der Waals surface area (Å²) >= 11 is 0. The Bertz CT molecular complexity index is 609. The molecule has 5 nitrogen and oxygen atoms in total. The lowest BCUT2D eigenvalue weighted by atomic mass is 9.87. The highest BCUT2D eigenvalue weighted by Gasteiger charge is 2.44. The molecule has 0 aliphatic rings. The Morgan fingerprint density at radius 3 is 2.14 bits per heavy atom. The zero-order chi connectivity index (χ0) is 15.6. The molecule has 1 heterocycles. The summed E-state index contributed by atoms with van der Waals surface area (Å²) in [6, 6.07) is 5.65. The van der Waals surface area contributed by atoms with Crippen LogP contribution >= 0.6 is 0 Å². The number of carboxylic acids is 1. The fourth-order valence-corrected chi connectivity index (χ4v) is 2.00. The molecule has 1 aromatic carbocycles. The SMILES string of the molecule is CC(C(C(=O)O)c1ccc(-n2nccn2)cc1)C(F)(F)F. The predicted octanol–water partition coefficient (Wildman–Crippen LogP) is 2.63. The van der Waals surface area contributed by atoms with Crippen LogP contribution in [0.5, 0.6) is 0 Å². The smallest absolute Gasteiger partial charge is 0.392 e. The standard InChI is InChI=1S/C13H12F3N3O2/c1-8(13(14,15)16)11(12(20)21)9-2-4-10(5-3-9)19-17-6-7-18-19/h2-8,11H,1H3,(H,20,21). The van der Waals surface area contributed by atoms with Crippen molar-refractivity contribution in [3.8, 4) is 5.69 Å². The summed E-state index contributed by atoms with van der Waals surface area (Å²) in [5.41, 5.74) is 0.621. The van der Waals surface area contributed by atoms with Gasteiger partial charge >= 0.3 is 12.1 Å². The van der Waals surface area contributed by atoms with Crippen molar-refractivity contribution in [1.29, 1.82) is 0 Å². The Labute approximate surface area is 118 Å². The van der Waals surface area contributed by atoms with Crippen LogP contribution in [0.4, 0.5) is 13.2 Å². The number of carboxylic acid groups (broad SMARTS) is 1. The lowest BCUT2D eigenvalue weighted by molar-refractivity contribution is -0.183. The van der Waals surface area contributed by atoms with E-state index in [2.05, 4.69) is 10.2 Å². The number of nitrogens with zero attached hydrogens (tertiary/aromatic N) is 3. The van der Waals surface area contributed by atoms with Crippen LogP contribution in [0.2, 0.25) is 0 Å². The molecule has 0 aliphatic carbocycles. The first kappa shape index (κ1) is 15.0. The monoisotopic (exact) mass is 299 g/mol. The maximum absolute atomic E-state index is 12.8. The van der Waals surface area contributed by atoms with Crippen molar-refractivity contribution in [1.82, 2.24) is 15.0 Å². The van der Waals surface area contributed by atoms with E-state index in [0.29, 0.717) is 5.69 Å². The second-order valence-corrected chi connectivity index (χ2v) is 4.56. The molecule has 0 saturated carbocycles. The number of hydrogen-bond acceptors (Lipinski definition) is 3. The van der Waals surface area contributed by atoms with Crippen LogP contribution in [-0.2, 0) is 4.79 Å². The van der Waals surface area contributed by atoms with Crippen LogP contribution in [0.15, 0.2) is 36.7 Å². The number of aliphatic carboxylic acids is 1. The minimum absolute atomic E-state index is 0.0863.